The van der Waals surface area contributed by atoms with Crippen LogP contribution in [-0.2, 0) is 11.2 Å². The van der Waals surface area contributed by atoms with E-state index in [-0.39, 0.29) is 5.91 Å². The molecular formula is C22H24Cl2N2O3. The Kier molecular flexibility index (Phi) is 6.48. The molecule has 4 rings (SSSR count). The number of fused-ring (bicyclic) bond motifs is 1. The molecule has 2 aliphatic heterocycles. The molecule has 1 atom stereocenters. The van der Waals surface area contributed by atoms with Gasteiger partial charge in [-0.25, -0.2) is 0 Å². The molecule has 1 amide bonds. The molecule has 29 heavy (non-hydrogen) atoms. The molecule has 2 heterocycles. The Balaban J connectivity index is 1.40. The molecule has 1 unspecified atom stereocenters. The maximum Gasteiger partial charge on any atom is 0.238 e. The Morgan fingerprint density at radius 3 is 2.62 bits per heavy atom. The van der Waals surface area contributed by atoms with Crippen molar-refractivity contribution in [1.29, 1.82) is 0 Å². The number of ether oxygens (including phenoxy) is 2. The van der Waals surface area contributed by atoms with E-state index in [9.17, 15) is 4.79 Å². The van der Waals surface area contributed by atoms with Crippen LogP contribution in [0.4, 0.5) is 5.69 Å². The van der Waals surface area contributed by atoms with Crippen LogP contribution in [0.2, 0.25) is 10.0 Å². The van der Waals surface area contributed by atoms with Crippen LogP contribution in [0.1, 0.15) is 24.8 Å². The van der Waals surface area contributed by atoms with Crippen LogP contribution in [0.25, 0.3) is 0 Å². The van der Waals surface area contributed by atoms with Gasteiger partial charge >= 0.3 is 0 Å². The van der Waals surface area contributed by atoms with Gasteiger partial charge < -0.3 is 14.8 Å². The number of carbonyl (C=O) groups is 1. The summed E-state index contributed by atoms with van der Waals surface area (Å²) in [5.74, 6) is 1.14. The van der Waals surface area contributed by atoms with Crippen molar-refractivity contribution in [3.63, 3.8) is 0 Å². The number of hydrogen-bond acceptors (Lipinski definition) is 4. The number of benzene rings is 2. The van der Waals surface area contributed by atoms with Crippen LogP contribution in [-0.4, -0.2) is 43.2 Å². The minimum atomic E-state index is -0.0903. The molecule has 1 N–H and O–H groups in total. The number of nitrogens with one attached hydrogen (secondary N) is 1. The summed E-state index contributed by atoms with van der Waals surface area (Å²) in [5, 5.41) is 4.15. The molecule has 0 spiro atoms. The molecule has 1 fully saturated rings. The Labute approximate surface area is 180 Å². The minimum absolute atomic E-state index is 0.0903. The quantitative estimate of drug-likeness (QED) is 0.733. The number of likely N-dealkylation sites (tertiary alicyclic amines) is 1. The lowest BCUT2D eigenvalue weighted by Gasteiger charge is -2.24. The zero-order chi connectivity index (χ0) is 20.2. The third-order valence-corrected chi connectivity index (χ3v) is 6.05. The average molecular weight is 435 g/mol. The predicted octanol–water partition coefficient (Wildman–Crippen LogP) is 4.80. The number of rotatable bonds is 5. The third-order valence-electron chi connectivity index (χ3n) is 5.37. The lowest BCUT2D eigenvalue weighted by atomic mass is 10.0. The SMILES string of the molecule is O=C(CN1CCCC1Cc1ccccc1Cl)Nc1cc2c(cc1Cl)OCCCO2. The van der Waals surface area contributed by atoms with Gasteiger partial charge in [0, 0.05) is 29.6 Å². The van der Waals surface area contributed by atoms with Gasteiger partial charge in [-0.05, 0) is 37.4 Å². The highest BCUT2D eigenvalue weighted by atomic mass is 35.5. The maximum atomic E-state index is 12.7. The largest absolute Gasteiger partial charge is 0.490 e. The molecule has 0 saturated carbocycles. The van der Waals surface area contributed by atoms with Crippen molar-refractivity contribution >= 4 is 34.8 Å². The molecule has 5 nitrogen and oxygen atoms in total. The summed E-state index contributed by atoms with van der Waals surface area (Å²) >= 11 is 12.7. The summed E-state index contributed by atoms with van der Waals surface area (Å²) in [6.07, 6.45) is 3.80. The van der Waals surface area contributed by atoms with Gasteiger partial charge in [-0.2, -0.15) is 0 Å². The van der Waals surface area contributed by atoms with Crippen LogP contribution in [0.15, 0.2) is 36.4 Å². The van der Waals surface area contributed by atoms with Gasteiger partial charge in [-0.15, -0.1) is 0 Å². The fourth-order valence-electron chi connectivity index (χ4n) is 3.91. The first-order chi connectivity index (χ1) is 14.1. The van der Waals surface area contributed by atoms with E-state index in [0.29, 0.717) is 48.0 Å². The third kappa shape index (κ3) is 4.97. The number of carbonyl (C=O) groups excluding carboxylic acids is 1. The highest BCUT2D eigenvalue weighted by molar-refractivity contribution is 6.34. The zero-order valence-electron chi connectivity index (χ0n) is 16.1. The van der Waals surface area contributed by atoms with Gasteiger partial charge in [0.05, 0.1) is 30.5 Å². The van der Waals surface area contributed by atoms with E-state index in [0.717, 1.165) is 42.8 Å². The Bertz CT molecular complexity index is 890. The molecule has 0 radical (unpaired) electrons. The van der Waals surface area contributed by atoms with Crippen LogP contribution >= 0.6 is 23.2 Å². The second kappa shape index (κ2) is 9.24. The summed E-state index contributed by atoms with van der Waals surface area (Å²) < 4.78 is 11.3. The molecule has 0 aromatic heterocycles. The summed E-state index contributed by atoms with van der Waals surface area (Å²) in [5.41, 5.74) is 1.67. The van der Waals surface area contributed by atoms with Crippen LogP contribution in [0, 0.1) is 0 Å². The normalized spacial score (nSPS) is 19.0. The van der Waals surface area contributed by atoms with E-state index in [1.807, 2.05) is 18.2 Å². The van der Waals surface area contributed by atoms with Crippen molar-refractivity contribution in [2.75, 3.05) is 31.6 Å². The highest BCUT2D eigenvalue weighted by Gasteiger charge is 2.27. The summed E-state index contributed by atoms with van der Waals surface area (Å²) in [6, 6.07) is 11.6. The number of anilines is 1. The molecule has 2 aliphatic rings. The van der Waals surface area contributed by atoms with E-state index in [4.69, 9.17) is 32.7 Å². The van der Waals surface area contributed by atoms with Crippen molar-refractivity contribution in [3.05, 3.63) is 52.0 Å². The Hall–Kier alpha value is -1.95. The fourth-order valence-corrected chi connectivity index (χ4v) is 4.32. The number of nitrogens with zero attached hydrogens (tertiary/aromatic N) is 1. The van der Waals surface area contributed by atoms with Crippen LogP contribution < -0.4 is 14.8 Å². The second-order valence-corrected chi connectivity index (χ2v) is 8.25. The van der Waals surface area contributed by atoms with Crippen molar-refractivity contribution in [3.8, 4) is 11.5 Å². The van der Waals surface area contributed by atoms with E-state index < -0.39 is 0 Å². The summed E-state index contributed by atoms with van der Waals surface area (Å²) in [7, 11) is 0. The minimum Gasteiger partial charge on any atom is -0.490 e. The highest BCUT2D eigenvalue weighted by Crippen LogP contribution is 2.37. The van der Waals surface area contributed by atoms with E-state index in [2.05, 4.69) is 16.3 Å². The lowest BCUT2D eigenvalue weighted by molar-refractivity contribution is -0.117. The molecule has 2 aromatic carbocycles. The fraction of sp³-hybridized carbons (Fsp3) is 0.409. The van der Waals surface area contributed by atoms with Gasteiger partial charge in [-0.3, -0.25) is 9.69 Å². The standard InChI is InChI=1S/C22H24Cl2N2O3/c23-17-7-2-1-5-15(17)11-16-6-3-8-26(16)14-22(27)25-19-13-21-20(12-18(19)24)28-9-4-10-29-21/h1-2,5,7,12-13,16H,3-4,6,8-11,14H2,(H,25,27). The zero-order valence-corrected chi connectivity index (χ0v) is 17.6. The van der Waals surface area contributed by atoms with Crippen LogP contribution in [0.5, 0.6) is 11.5 Å². The van der Waals surface area contributed by atoms with Gasteiger partial charge in [0.15, 0.2) is 11.5 Å². The number of amides is 1. The van der Waals surface area contributed by atoms with E-state index in [1.165, 1.54) is 0 Å². The van der Waals surface area contributed by atoms with Crippen molar-refractivity contribution in [2.45, 2.75) is 31.7 Å². The first-order valence-corrected chi connectivity index (χ1v) is 10.7. The van der Waals surface area contributed by atoms with Crippen LogP contribution in [0.3, 0.4) is 0 Å². The van der Waals surface area contributed by atoms with E-state index in [1.54, 1.807) is 12.1 Å². The topological polar surface area (TPSA) is 50.8 Å². The maximum absolute atomic E-state index is 12.7. The molecule has 0 bridgehead atoms. The van der Waals surface area contributed by atoms with Crippen molar-refractivity contribution in [1.82, 2.24) is 4.90 Å². The molecule has 1 saturated heterocycles. The molecule has 0 aliphatic carbocycles. The molecule has 7 heteroatoms. The molecule has 2 aromatic rings. The molecular weight excluding hydrogens is 411 g/mol. The monoisotopic (exact) mass is 434 g/mol. The van der Waals surface area contributed by atoms with Gasteiger partial charge in [0.2, 0.25) is 5.91 Å². The first kappa shape index (κ1) is 20.3. The lowest BCUT2D eigenvalue weighted by Crippen LogP contribution is -2.38. The van der Waals surface area contributed by atoms with Crippen molar-refractivity contribution in [2.24, 2.45) is 0 Å². The van der Waals surface area contributed by atoms with Gasteiger partial charge in [0.25, 0.3) is 0 Å². The van der Waals surface area contributed by atoms with Crippen molar-refractivity contribution < 1.29 is 14.3 Å². The summed E-state index contributed by atoms with van der Waals surface area (Å²) in [4.78, 5) is 14.9. The van der Waals surface area contributed by atoms with Gasteiger partial charge in [0.1, 0.15) is 0 Å². The summed E-state index contributed by atoms with van der Waals surface area (Å²) in [6.45, 7) is 2.40. The Morgan fingerprint density at radius 1 is 1.07 bits per heavy atom. The van der Waals surface area contributed by atoms with Gasteiger partial charge in [-0.1, -0.05) is 41.4 Å². The predicted molar refractivity (Wildman–Crippen MR) is 115 cm³/mol. The average Bonchev–Trinajstić information content (AvgIpc) is 2.99. The molecule has 154 valence electrons. The number of hydrogen-bond donors (Lipinski definition) is 1. The van der Waals surface area contributed by atoms with E-state index >= 15 is 0 Å². The smallest absolute Gasteiger partial charge is 0.238 e. The second-order valence-electron chi connectivity index (χ2n) is 7.44. The number of halogens is 2. The Morgan fingerprint density at radius 2 is 1.83 bits per heavy atom. The first-order valence-electron chi connectivity index (χ1n) is 9.96.